The van der Waals surface area contributed by atoms with Crippen LogP contribution < -0.4 is 4.57 Å². The van der Waals surface area contributed by atoms with E-state index in [9.17, 15) is 25.9 Å². The molecule has 4 rings (SSSR count). The molecule has 0 radical (unpaired) electrons. The van der Waals surface area contributed by atoms with Crippen molar-refractivity contribution < 1.29 is 30.5 Å². The summed E-state index contributed by atoms with van der Waals surface area (Å²) < 4.78 is 67.7. The van der Waals surface area contributed by atoms with Crippen LogP contribution in [0.15, 0.2) is 51.9 Å². The van der Waals surface area contributed by atoms with E-state index in [1.54, 1.807) is 6.07 Å². The zero-order valence-corrected chi connectivity index (χ0v) is 29.6. The highest BCUT2D eigenvalue weighted by Gasteiger charge is 2.40. The zero-order chi connectivity index (χ0) is 33.1. The Morgan fingerprint density at radius 1 is 0.933 bits per heavy atom. The Balaban J connectivity index is 1.73. The standard InChI is InChI=1S/C29H36Cl4N4O6S2/c1-3-34-24-16-20(30)22(32)18-26(24)36(12-5-7-14-44(38,39)40)28(34)10-9-11-29-35(4-2)25-17-21(31)23(33)19-27(25)37(29)13-6-8-15-45(41,42)43/h9-11,16-18,27H,3-8,12-15,19H2,1-2H3,(H-,38,39,40,41,42,43)/p+1. The van der Waals surface area contributed by atoms with Crippen LogP contribution in [0.3, 0.4) is 0 Å². The lowest BCUT2D eigenvalue weighted by atomic mass is 10.0. The summed E-state index contributed by atoms with van der Waals surface area (Å²) in [5.74, 6) is 1.12. The first-order valence-corrected chi connectivity index (χ1v) is 19.4. The number of aromatic nitrogens is 2. The van der Waals surface area contributed by atoms with Crippen LogP contribution in [0.5, 0.6) is 0 Å². The minimum absolute atomic E-state index is 0.0792. The lowest BCUT2D eigenvalue weighted by molar-refractivity contribution is -0.674. The number of hydrogen-bond donors (Lipinski definition) is 2. The molecule has 0 bridgehead atoms. The van der Waals surface area contributed by atoms with Gasteiger partial charge in [0.2, 0.25) is 0 Å². The molecule has 248 valence electrons. The Bertz CT molecular complexity index is 1780. The Labute approximate surface area is 284 Å². The Morgan fingerprint density at radius 3 is 2.20 bits per heavy atom. The fourth-order valence-corrected chi connectivity index (χ4v) is 7.73. The summed E-state index contributed by atoms with van der Waals surface area (Å²) in [5, 5.41) is 1.87. The molecule has 2 aliphatic rings. The Hall–Kier alpha value is -1.77. The summed E-state index contributed by atoms with van der Waals surface area (Å²) in [5.41, 5.74) is 2.72. The Morgan fingerprint density at radius 2 is 1.58 bits per heavy atom. The van der Waals surface area contributed by atoms with Crippen molar-refractivity contribution in [1.29, 1.82) is 0 Å². The number of fused-ring (bicyclic) bond motifs is 2. The summed E-state index contributed by atoms with van der Waals surface area (Å²) >= 11 is 25.7. The molecule has 1 aromatic carbocycles. The molecule has 1 aliphatic heterocycles. The van der Waals surface area contributed by atoms with Crippen molar-refractivity contribution >= 4 is 83.7 Å². The largest absolute Gasteiger partial charge is 0.349 e. The number of hydrogen-bond acceptors (Lipinski definition) is 6. The van der Waals surface area contributed by atoms with Crippen LogP contribution in [-0.4, -0.2) is 70.9 Å². The molecular weight excluding hydrogens is 706 g/mol. The second-order valence-electron chi connectivity index (χ2n) is 10.9. The Kier molecular flexibility index (Phi) is 12.0. The van der Waals surface area contributed by atoms with Gasteiger partial charge < -0.3 is 9.80 Å². The third-order valence-corrected chi connectivity index (χ3v) is 11.0. The van der Waals surface area contributed by atoms with Crippen LogP contribution in [-0.2, 0) is 33.3 Å². The van der Waals surface area contributed by atoms with Gasteiger partial charge in [0.05, 0.1) is 45.7 Å². The van der Waals surface area contributed by atoms with Crippen molar-refractivity contribution in [2.75, 3.05) is 24.6 Å². The maximum atomic E-state index is 11.3. The minimum Gasteiger partial charge on any atom is -0.349 e. The smallest absolute Gasteiger partial charge is 0.282 e. The SMILES string of the molecule is CCN1C2=CC(Cl)=C(Cl)CC2N(CCCCS(=O)(=O)O)/C1=C\C=C\c1n(CC)c2cc(Cl)c(Cl)cc2[n+]1CCCCS(=O)(=O)O. The second kappa shape index (κ2) is 15.0. The molecule has 45 heavy (non-hydrogen) atoms. The van der Waals surface area contributed by atoms with E-state index in [4.69, 9.17) is 46.4 Å². The number of aryl methyl sites for hydroxylation is 2. The topological polar surface area (TPSA) is 124 Å². The summed E-state index contributed by atoms with van der Waals surface area (Å²) in [4.78, 5) is 4.34. The fraction of sp³-hybridized carbons (Fsp3) is 0.483. The minimum atomic E-state index is -4.06. The fourth-order valence-electron chi connectivity index (χ4n) is 5.89. The summed E-state index contributed by atoms with van der Waals surface area (Å²) in [6.45, 7) is 6.35. The van der Waals surface area contributed by atoms with Gasteiger partial charge in [-0.15, -0.1) is 0 Å². The molecule has 1 aliphatic carbocycles. The first kappa shape index (κ1) is 36.1. The van der Waals surface area contributed by atoms with Gasteiger partial charge in [-0.2, -0.15) is 16.8 Å². The summed E-state index contributed by atoms with van der Waals surface area (Å²) in [6.07, 6.45) is 9.92. The molecule has 2 heterocycles. The van der Waals surface area contributed by atoms with Crippen LogP contribution in [0.4, 0.5) is 0 Å². The van der Waals surface area contributed by atoms with Crippen LogP contribution in [0.2, 0.25) is 10.0 Å². The average Bonchev–Trinajstić information content (AvgIpc) is 3.38. The van der Waals surface area contributed by atoms with E-state index in [1.807, 2.05) is 44.2 Å². The normalized spacial score (nSPS) is 18.6. The van der Waals surface area contributed by atoms with E-state index in [-0.39, 0.29) is 24.0 Å². The van der Waals surface area contributed by atoms with Gasteiger partial charge in [0, 0.05) is 48.4 Å². The average molecular weight is 744 g/mol. The van der Waals surface area contributed by atoms with Gasteiger partial charge in [0.15, 0.2) is 11.0 Å². The number of imidazole rings is 1. The number of halogens is 4. The molecule has 0 saturated carbocycles. The predicted octanol–water partition coefficient (Wildman–Crippen LogP) is 6.43. The number of nitrogens with zero attached hydrogens (tertiary/aromatic N) is 4. The lowest BCUT2D eigenvalue weighted by Crippen LogP contribution is -2.36. The first-order chi connectivity index (χ1) is 21.1. The number of likely N-dealkylation sites (N-methyl/N-ethyl adjacent to an activating group) is 1. The zero-order valence-electron chi connectivity index (χ0n) is 25.0. The predicted molar refractivity (Wildman–Crippen MR) is 181 cm³/mol. The van der Waals surface area contributed by atoms with Crippen molar-refractivity contribution in [3.63, 3.8) is 0 Å². The van der Waals surface area contributed by atoms with Crippen molar-refractivity contribution in [2.45, 2.75) is 65.1 Å². The highest BCUT2D eigenvalue weighted by Crippen LogP contribution is 2.42. The van der Waals surface area contributed by atoms with E-state index in [0.717, 1.165) is 28.4 Å². The van der Waals surface area contributed by atoms with Gasteiger partial charge in [-0.1, -0.05) is 52.5 Å². The molecule has 2 N–H and O–H groups in total. The third-order valence-electron chi connectivity index (χ3n) is 7.87. The van der Waals surface area contributed by atoms with Gasteiger partial charge in [0.25, 0.3) is 26.1 Å². The van der Waals surface area contributed by atoms with E-state index < -0.39 is 20.2 Å². The molecule has 10 nitrogen and oxygen atoms in total. The number of benzene rings is 1. The van der Waals surface area contributed by atoms with E-state index in [2.05, 4.69) is 18.9 Å². The van der Waals surface area contributed by atoms with E-state index in [0.29, 0.717) is 72.0 Å². The second-order valence-corrected chi connectivity index (χ2v) is 15.7. The molecular formula is C29H37Cl4N4O6S2+. The molecule has 0 amide bonds. The monoisotopic (exact) mass is 741 g/mol. The van der Waals surface area contributed by atoms with Crippen LogP contribution in [0.25, 0.3) is 17.1 Å². The summed E-state index contributed by atoms with van der Waals surface area (Å²) in [6, 6.07) is 3.53. The quantitative estimate of drug-likeness (QED) is 0.129. The molecule has 2 aromatic rings. The molecule has 1 saturated heterocycles. The van der Waals surface area contributed by atoms with Crippen molar-refractivity contribution in [3.05, 3.63) is 67.8 Å². The van der Waals surface area contributed by atoms with Gasteiger partial charge in [0.1, 0.15) is 5.82 Å². The van der Waals surface area contributed by atoms with Gasteiger partial charge >= 0.3 is 0 Å². The first-order valence-electron chi connectivity index (χ1n) is 14.6. The van der Waals surface area contributed by atoms with Gasteiger partial charge in [-0.25, -0.2) is 9.13 Å². The molecule has 0 spiro atoms. The highest BCUT2D eigenvalue weighted by atomic mass is 35.5. The van der Waals surface area contributed by atoms with E-state index in [1.165, 1.54) is 0 Å². The molecule has 1 atom stereocenters. The number of unbranched alkanes of at least 4 members (excludes halogenated alkanes) is 2. The van der Waals surface area contributed by atoms with Crippen molar-refractivity contribution in [3.8, 4) is 0 Å². The summed E-state index contributed by atoms with van der Waals surface area (Å²) in [7, 11) is -8.11. The van der Waals surface area contributed by atoms with Crippen molar-refractivity contribution in [2.24, 2.45) is 0 Å². The third kappa shape index (κ3) is 8.78. The maximum absolute atomic E-state index is 11.3. The maximum Gasteiger partial charge on any atom is 0.282 e. The van der Waals surface area contributed by atoms with Crippen LogP contribution in [0.1, 0.15) is 51.8 Å². The molecule has 1 unspecified atom stereocenters. The number of rotatable bonds is 14. The van der Waals surface area contributed by atoms with E-state index >= 15 is 0 Å². The van der Waals surface area contributed by atoms with Crippen LogP contribution in [0, 0.1) is 0 Å². The van der Waals surface area contributed by atoms with Gasteiger partial charge in [-0.05, 0) is 51.7 Å². The molecule has 16 heteroatoms. The highest BCUT2D eigenvalue weighted by molar-refractivity contribution is 7.86. The number of allylic oxidation sites excluding steroid dienone is 4. The van der Waals surface area contributed by atoms with Crippen molar-refractivity contribution in [1.82, 2.24) is 14.4 Å². The molecule has 1 fully saturated rings. The molecule has 1 aromatic heterocycles. The van der Waals surface area contributed by atoms with Crippen LogP contribution >= 0.6 is 46.4 Å². The van der Waals surface area contributed by atoms with Gasteiger partial charge in [-0.3, -0.25) is 9.11 Å². The lowest BCUT2D eigenvalue weighted by Gasteiger charge is -2.27.